The van der Waals surface area contributed by atoms with Crippen LogP contribution in [0.2, 0.25) is 0 Å². The van der Waals surface area contributed by atoms with Crippen LogP contribution in [0, 0.1) is 0 Å². The van der Waals surface area contributed by atoms with E-state index in [4.69, 9.17) is 0 Å². The van der Waals surface area contributed by atoms with E-state index in [1.54, 1.807) is 12.1 Å². The summed E-state index contributed by atoms with van der Waals surface area (Å²) in [6.45, 7) is -0.322. The predicted octanol–water partition coefficient (Wildman–Crippen LogP) is 2.45. The van der Waals surface area contributed by atoms with Gasteiger partial charge in [0.25, 0.3) is 5.56 Å². The molecule has 25 heavy (non-hydrogen) atoms. The Kier molecular flexibility index (Phi) is 4.22. The first-order valence-corrected chi connectivity index (χ1v) is 7.12. The van der Waals surface area contributed by atoms with Crippen molar-refractivity contribution in [3.8, 4) is 0 Å². The van der Waals surface area contributed by atoms with Crippen molar-refractivity contribution in [1.29, 1.82) is 0 Å². The lowest BCUT2D eigenvalue weighted by Crippen LogP contribution is -2.28. The highest BCUT2D eigenvalue weighted by molar-refractivity contribution is 5.90. The van der Waals surface area contributed by atoms with Crippen LogP contribution in [0.1, 0.15) is 5.56 Å². The Labute approximate surface area is 139 Å². The van der Waals surface area contributed by atoms with Crippen LogP contribution >= 0.6 is 0 Å². The average Bonchev–Trinajstić information content (AvgIpc) is 2.57. The summed E-state index contributed by atoms with van der Waals surface area (Å²) in [4.78, 5) is 32.2. The van der Waals surface area contributed by atoms with Gasteiger partial charge < -0.3 is 5.32 Å². The third-order valence-electron chi connectivity index (χ3n) is 3.41. The smallest absolute Gasteiger partial charge is 0.325 e. The first-order valence-electron chi connectivity index (χ1n) is 7.12. The standard InChI is InChI=1S/C16H11F3N4O2/c17-16(18,19)10-3-5-11(6-4-10)22-13(24)8-23-9-21-14-12(15(23)25)2-1-7-20-14/h1-7,9H,8H2,(H,22,24). The number of carbonyl (C=O) groups is 1. The highest BCUT2D eigenvalue weighted by atomic mass is 19.4. The molecule has 0 saturated heterocycles. The van der Waals surface area contributed by atoms with Crippen molar-refractivity contribution in [3.05, 3.63) is 64.8 Å². The Morgan fingerprint density at radius 3 is 2.52 bits per heavy atom. The highest BCUT2D eigenvalue weighted by Crippen LogP contribution is 2.29. The van der Waals surface area contributed by atoms with Gasteiger partial charge in [0.2, 0.25) is 5.91 Å². The van der Waals surface area contributed by atoms with E-state index in [9.17, 15) is 22.8 Å². The monoisotopic (exact) mass is 348 g/mol. The summed E-state index contributed by atoms with van der Waals surface area (Å²) in [5, 5.41) is 2.71. The van der Waals surface area contributed by atoms with Gasteiger partial charge in [-0.3, -0.25) is 14.2 Å². The van der Waals surface area contributed by atoms with Crippen molar-refractivity contribution in [2.24, 2.45) is 0 Å². The summed E-state index contributed by atoms with van der Waals surface area (Å²) < 4.78 is 38.6. The van der Waals surface area contributed by atoms with Gasteiger partial charge in [0, 0.05) is 11.9 Å². The minimum absolute atomic E-state index is 0.196. The van der Waals surface area contributed by atoms with Crippen molar-refractivity contribution in [2.45, 2.75) is 12.7 Å². The maximum absolute atomic E-state index is 12.5. The molecule has 0 aliphatic rings. The minimum Gasteiger partial charge on any atom is -0.325 e. The minimum atomic E-state index is -4.44. The molecule has 0 saturated carbocycles. The molecule has 1 N–H and O–H groups in total. The molecule has 0 radical (unpaired) electrons. The van der Waals surface area contributed by atoms with Crippen molar-refractivity contribution in [1.82, 2.24) is 14.5 Å². The van der Waals surface area contributed by atoms with Crippen LogP contribution in [0.4, 0.5) is 18.9 Å². The van der Waals surface area contributed by atoms with Crippen molar-refractivity contribution in [2.75, 3.05) is 5.32 Å². The van der Waals surface area contributed by atoms with Gasteiger partial charge in [0.1, 0.15) is 12.9 Å². The number of pyridine rings is 1. The van der Waals surface area contributed by atoms with Crippen LogP contribution in [-0.2, 0) is 17.5 Å². The van der Waals surface area contributed by atoms with Crippen LogP contribution < -0.4 is 10.9 Å². The Morgan fingerprint density at radius 1 is 1.12 bits per heavy atom. The maximum Gasteiger partial charge on any atom is 0.416 e. The summed E-state index contributed by atoms with van der Waals surface area (Å²) in [5.41, 5.74) is -0.776. The molecule has 0 bridgehead atoms. The van der Waals surface area contributed by atoms with Gasteiger partial charge in [-0.05, 0) is 36.4 Å². The number of hydrogen-bond donors (Lipinski definition) is 1. The van der Waals surface area contributed by atoms with Gasteiger partial charge >= 0.3 is 6.18 Å². The van der Waals surface area contributed by atoms with Gasteiger partial charge in [0.15, 0.2) is 5.65 Å². The third-order valence-corrected chi connectivity index (χ3v) is 3.41. The third kappa shape index (κ3) is 3.65. The van der Waals surface area contributed by atoms with E-state index in [0.717, 1.165) is 28.8 Å². The second-order valence-corrected chi connectivity index (χ2v) is 5.18. The molecule has 0 unspecified atom stereocenters. The molecule has 0 aliphatic heterocycles. The van der Waals surface area contributed by atoms with E-state index in [2.05, 4.69) is 15.3 Å². The largest absolute Gasteiger partial charge is 0.416 e. The first-order chi connectivity index (χ1) is 11.8. The molecule has 128 valence electrons. The van der Waals surface area contributed by atoms with E-state index in [1.165, 1.54) is 12.5 Å². The summed E-state index contributed by atoms with van der Waals surface area (Å²) >= 11 is 0. The molecule has 6 nitrogen and oxygen atoms in total. The first kappa shape index (κ1) is 16.6. The maximum atomic E-state index is 12.5. The van der Waals surface area contributed by atoms with Crippen molar-refractivity contribution < 1.29 is 18.0 Å². The molecule has 2 heterocycles. The predicted molar refractivity (Wildman–Crippen MR) is 83.9 cm³/mol. The van der Waals surface area contributed by atoms with E-state index in [0.29, 0.717) is 0 Å². The number of anilines is 1. The van der Waals surface area contributed by atoms with Crippen molar-refractivity contribution in [3.63, 3.8) is 0 Å². The fraction of sp³-hybridized carbons (Fsp3) is 0.125. The molecule has 1 aromatic carbocycles. The quantitative estimate of drug-likeness (QED) is 0.789. The van der Waals surface area contributed by atoms with Crippen LogP contribution in [-0.4, -0.2) is 20.4 Å². The number of alkyl halides is 3. The number of hydrogen-bond acceptors (Lipinski definition) is 4. The Morgan fingerprint density at radius 2 is 1.84 bits per heavy atom. The molecule has 1 amide bonds. The topological polar surface area (TPSA) is 76.9 Å². The fourth-order valence-electron chi connectivity index (χ4n) is 2.21. The average molecular weight is 348 g/mol. The van der Waals surface area contributed by atoms with Crippen molar-refractivity contribution >= 4 is 22.6 Å². The lowest BCUT2D eigenvalue weighted by molar-refractivity contribution is -0.137. The molecule has 0 spiro atoms. The SMILES string of the molecule is O=C(Cn1cnc2ncccc2c1=O)Nc1ccc(C(F)(F)F)cc1. The number of nitrogens with one attached hydrogen (secondary N) is 1. The van der Waals surface area contributed by atoms with Crippen LogP contribution in [0.5, 0.6) is 0 Å². The Balaban J connectivity index is 1.75. The van der Waals surface area contributed by atoms with Gasteiger partial charge in [-0.2, -0.15) is 13.2 Å². The van der Waals surface area contributed by atoms with Crippen LogP contribution in [0.3, 0.4) is 0 Å². The summed E-state index contributed by atoms with van der Waals surface area (Å²) in [6.07, 6.45) is -1.75. The molecule has 0 atom stereocenters. The Hall–Kier alpha value is -3.23. The molecule has 3 rings (SSSR count). The summed E-state index contributed by atoms with van der Waals surface area (Å²) in [6, 6.07) is 7.15. The zero-order valence-electron chi connectivity index (χ0n) is 12.6. The van der Waals surface area contributed by atoms with Crippen LogP contribution in [0.15, 0.2) is 53.7 Å². The van der Waals surface area contributed by atoms with Gasteiger partial charge in [-0.1, -0.05) is 0 Å². The molecular formula is C16H11F3N4O2. The molecule has 0 aliphatic carbocycles. The van der Waals surface area contributed by atoms with E-state index in [-0.39, 0.29) is 23.3 Å². The van der Waals surface area contributed by atoms with E-state index >= 15 is 0 Å². The number of amides is 1. The number of nitrogens with zero attached hydrogens (tertiary/aromatic N) is 3. The number of benzene rings is 1. The zero-order chi connectivity index (χ0) is 18.0. The molecule has 9 heteroatoms. The van der Waals surface area contributed by atoms with Gasteiger partial charge in [-0.25, -0.2) is 9.97 Å². The van der Waals surface area contributed by atoms with Gasteiger partial charge in [-0.15, -0.1) is 0 Å². The molecular weight excluding hydrogens is 337 g/mol. The zero-order valence-corrected chi connectivity index (χ0v) is 12.6. The molecule has 0 fully saturated rings. The number of fused-ring (bicyclic) bond motifs is 1. The number of aromatic nitrogens is 3. The number of rotatable bonds is 3. The second kappa shape index (κ2) is 6.34. The summed E-state index contributed by atoms with van der Waals surface area (Å²) in [5.74, 6) is -0.563. The lowest BCUT2D eigenvalue weighted by Gasteiger charge is -2.10. The second-order valence-electron chi connectivity index (χ2n) is 5.18. The van der Waals surface area contributed by atoms with Crippen LogP contribution in [0.25, 0.3) is 11.0 Å². The number of carbonyl (C=O) groups excluding carboxylic acids is 1. The van der Waals surface area contributed by atoms with E-state index < -0.39 is 23.2 Å². The summed E-state index contributed by atoms with van der Waals surface area (Å²) in [7, 11) is 0. The molecule has 3 aromatic rings. The van der Waals surface area contributed by atoms with Gasteiger partial charge in [0.05, 0.1) is 10.9 Å². The molecule has 2 aromatic heterocycles. The highest BCUT2D eigenvalue weighted by Gasteiger charge is 2.29. The number of halogens is 3. The Bertz CT molecular complexity index is 981. The normalized spacial score (nSPS) is 11.5. The van der Waals surface area contributed by atoms with E-state index in [1.807, 2.05) is 0 Å². The lowest BCUT2D eigenvalue weighted by atomic mass is 10.2. The fourth-order valence-corrected chi connectivity index (χ4v) is 2.21.